The Labute approximate surface area is 211 Å². The number of carbonyl (C=O) groups is 1. The molecule has 1 saturated heterocycles. The number of alkyl halides is 3. The van der Waals surface area contributed by atoms with Crippen LogP contribution in [0.5, 0.6) is 17.2 Å². The Balaban J connectivity index is 1.39. The SMILES string of the molecule is COc1cc(-c2ccc(N3CCN(C(=O)Nc4cccc(C(F)(F)F)c4)CC3)nn2)cc(OC)c1OC. The summed E-state index contributed by atoms with van der Waals surface area (Å²) in [6.07, 6.45) is -4.48. The molecule has 2 amide bonds. The minimum atomic E-state index is -4.48. The molecule has 3 aromatic rings. The summed E-state index contributed by atoms with van der Waals surface area (Å²) >= 11 is 0. The number of benzene rings is 2. The lowest BCUT2D eigenvalue weighted by atomic mass is 10.1. The predicted molar refractivity (Wildman–Crippen MR) is 131 cm³/mol. The molecule has 12 heteroatoms. The van der Waals surface area contributed by atoms with E-state index in [1.807, 2.05) is 17.0 Å². The van der Waals surface area contributed by atoms with Gasteiger partial charge in [0.2, 0.25) is 5.75 Å². The summed E-state index contributed by atoms with van der Waals surface area (Å²) in [5.41, 5.74) is 0.630. The second kappa shape index (κ2) is 10.8. The van der Waals surface area contributed by atoms with Crippen molar-refractivity contribution in [3.63, 3.8) is 0 Å². The highest BCUT2D eigenvalue weighted by molar-refractivity contribution is 5.89. The zero-order valence-electron chi connectivity index (χ0n) is 20.5. The zero-order valence-corrected chi connectivity index (χ0v) is 20.5. The van der Waals surface area contributed by atoms with Crippen LogP contribution in [0.4, 0.5) is 29.5 Å². The number of nitrogens with zero attached hydrogens (tertiary/aromatic N) is 4. The Bertz CT molecular complexity index is 1220. The van der Waals surface area contributed by atoms with Gasteiger partial charge in [-0.2, -0.15) is 13.2 Å². The van der Waals surface area contributed by atoms with Crippen LogP contribution in [0.3, 0.4) is 0 Å². The number of rotatable bonds is 6. The second-order valence-corrected chi connectivity index (χ2v) is 8.17. The van der Waals surface area contributed by atoms with Crippen LogP contribution in [0.15, 0.2) is 48.5 Å². The number of urea groups is 1. The van der Waals surface area contributed by atoms with Gasteiger partial charge in [0.05, 0.1) is 32.6 Å². The summed E-state index contributed by atoms with van der Waals surface area (Å²) in [6, 6.07) is 11.3. The third-order valence-electron chi connectivity index (χ3n) is 5.94. The molecule has 196 valence electrons. The number of hydrogen-bond donors (Lipinski definition) is 1. The van der Waals surface area contributed by atoms with E-state index in [1.54, 1.807) is 17.0 Å². The van der Waals surface area contributed by atoms with E-state index >= 15 is 0 Å². The molecule has 0 bridgehead atoms. The molecule has 1 aromatic heterocycles. The number of nitrogens with one attached hydrogen (secondary N) is 1. The summed E-state index contributed by atoms with van der Waals surface area (Å²) in [5, 5.41) is 11.2. The monoisotopic (exact) mass is 517 g/mol. The van der Waals surface area contributed by atoms with Crippen LogP contribution < -0.4 is 24.4 Å². The average Bonchev–Trinajstić information content (AvgIpc) is 2.92. The molecule has 1 N–H and O–H groups in total. The van der Waals surface area contributed by atoms with E-state index in [0.717, 1.165) is 17.7 Å². The molecule has 0 spiro atoms. The fraction of sp³-hybridized carbons (Fsp3) is 0.320. The first-order valence-electron chi connectivity index (χ1n) is 11.4. The van der Waals surface area contributed by atoms with Crippen LogP contribution >= 0.6 is 0 Å². The molecule has 2 heterocycles. The number of aromatic nitrogens is 2. The fourth-order valence-corrected chi connectivity index (χ4v) is 3.99. The molecule has 0 unspecified atom stereocenters. The standard InChI is InChI=1S/C25H26F3N5O4/c1-35-20-13-16(14-21(36-2)23(20)37-3)19-7-8-22(31-30-19)32-9-11-33(12-10-32)24(34)29-18-6-4-5-17(15-18)25(26,27)28/h4-8,13-15H,9-12H2,1-3H3,(H,29,34). The predicted octanol–water partition coefficient (Wildman–Crippen LogP) is 4.54. The summed E-state index contributed by atoms with van der Waals surface area (Å²) in [7, 11) is 4.61. The van der Waals surface area contributed by atoms with Gasteiger partial charge in [-0.15, -0.1) is 10.2 Å². The normalized spacial score (nSPS) is 13.8. The molecule has 1 aliphatic rings. The van der Waals surface area contributed by atoms with E-state index < -0.39 is 17.8 Å². The average molecular weight is 518 g/mol. The van der Waals surface area contributed by atoms with Crippen molar-refractivity contribution >= 4 is 17.5 Å². The lowest BCUT2D eigenvalue weighted by molar-refractivity contribution is -0.137. The molecule has 0 saturated carbocycles. The van der Waals surface area contributed by atoms with Crippen LogP contribution in [-0.2, 0) is 6.18 Å². The minimum absolute atomic E-state index is 0.0931. The third kappa shape index (κ3) is 5.79. The fourth-order valence-electron chi connectivity index (χ4n) is 3.99. The Morgan fingerprint density at radius 3 is 2.11 bits per heavy atom. The third-order valence-corrected chi connectivity index (χ3v) is 5.94. The van der Waals surface area contributed by atoms with Crippen molar-refractivity contribution in [1.29, 1.82) is 0 Å². The van der Waals surface area contributed by atoms with Crippen molar-refractivity contribution in [2.75, 3.05) is 57.7 Å². The maximum atomic E-state index is 12.9. The van der Waals surface area contributed by atoms with Crippen molar-refractivity contribution in [3.8, 4) is 28.5 Å². The number of methoxy groups -OCH3 is 3. The van der Waals surface area contributed by atoms with Crippen molar-refractivity contribution in [1.82, 2.24) is 15.1 Å². The van der Waals surface area contributed by atoms with Gasteiger partial charge in [0.25, 0.3) is 0 Å². The van der Waals surface area contributed by atoms with E-state index in [9.17, 15) is 18.0 Å². The van der Waals surface area contributed by atoms with Gasteiger partial charge in [0, 0.05) is 37.4 Å². The number of carbonyl (C=O) groups excluding carboxylic acids is 1. The van der Waals surface area contributed by atoms with Crippen molar-refractivity contribution in [2.45, 2.75) is 6.18 Å². The molecular formula is C25H26F3N5O4. The first-order valence-corrected chi connectivity index (χ1v) is 11.4. The van der Waals surface area contributed by atoms with Crippen LogP contribution in [0.1, 0.15) is 5.56 Å². The Morgan fingerprint density at radius 2 is 1.57 bits per heavy atom. The van der Waals surface area contributed by atoms with Crippen LogP contribution in [0, 0.1) is 0 Å². The lowest BCUT2D eigenvalue weighted by Crippen LogP contribution is -2.50. The topological polar surface area (TPSA) is 89.1 Å². The van der Waals surface area contributed by atoms with Gasteiger partial charge >= 0.3 is 12.2 Å². The number of ether oxygens (including phenoxy) is 3. The number of halogens is 3. The zero-order chi connectivity index (χ0) is 26.6. The Morgan fingerprint density at radius 1 is 0.892 bits per heavy atom. The van der Waals surface area contributed by atoms with Crippen molar-refractivity contribution in [2.24, 2.45) is 0 Å². The molecule has 0 radical (unpaired) electrons. The van der Waals surface area contributed by atoms with Crippen LogP contribution in [-0.4, -0.2) is 68.6 Å². The summed E-state index contributed by atoms with van der Waals surface area (Å²) in [6.45, 7) is 1.74. The first kappa shape index (κ1) is 25.9. The lowest BCUT2D eigenvalue weighted by Gasteiger charge is -2.35. The van der Waals surface area contributed by atoms with Gasteiger partial charge in [-0.3, -0.25) is 0 Å². The molecular weight excluding hydrogens is 491 g/mol. The minimum Gasteiger partial charge on any atom is -0.493 e. The van der Waals surface area contributed by atoms with Gasteiger partial charge in [-0.1, -0.05) is 6.07 Å². The van der Waals surface area contributed by atoms with Gasteiger partial charge < -0.3 is 29.3 Å². The maximum Gasteiger partial charge on any atom is 0.416 e. The van der Waals surface area contributed by atoms with Gasteiger partial charge in [-0.25, -0.2) is 4.79 Å². The molecule has 9 nitrogen and oxygen atoms in total. The summed E-state index contributed by atoms with van der Waals surface area (Å²) in [5.74, 6) is 2.13. The molecule has 0 atom stereocenters. The molecule has 1 fully saturated rings. The largest absolute Gasteiger partial charge is 0.493 e. The quantitative estimate of drug-likeness (QED) is 0.514. The Kier molecular flexibility index (Phi) is 7.55. The molecule has 37 heavy (non-hydrogen) atoms. The van der Waals surface area contributed by atoms with Gasteiger partial charge in [0.15, 0.2) is 17.3 Å². The summed E-state index contributed by atoms with van der Waals surface area (Å²) < 4.78 is 54.9. The Hall–Kier alpha value is -4.22. The summed E-state index contributed by atoms with van der Waals surface area (Å²) in [4.78, 5) is 16.1. The van der Waals surface area contributed by atoms with E-state index in [1.165, 1.54) is 33.5 Å². The van der Waals surface area contributed by atoms with E-state index in [4.69, 9.17) is 14.2 Å². The van der Waals surface area contributed by atoms with Crippen LogP contribution in [0.2, 0.25) is 0 Å². The highest BCUT2D eigenvalue weighted by Gasteiger charge is 2.31. The van der Waals surface area contributed by atoms with Crippen LogP contribution in [0.25, 0.3) is 11.3 Å². The van der Waals surface area contributed by atoms with Crippen molar-refractivity contribution in [3.05, 3.63) is 54.1 Å². The second-order valence-electron chi connectivity index (χ2n) is 8.17. The number of anilines is 2. The van der Waals surface area contributed by atoms with Crippen molar-refractivity contribution < 1.29 is 32.2 Å². The van der Waals surface area contributed by atoms with Gasteiger partial charge in [0.1, 0.15) is 0 Å². The highest BCUT2D eigenvalue weighted by Crippen LogP contribution is 2.40. The maximum absolute atomic E-state index is 12.9. The molecule has 0 aliphatic carbocycles. The number of piperazine rings is 1. The first-order chi connectivity index (χ1) is 17.7. The highest BCUT2D eigenvalue weighted by atomic mass is 19.4. The van der Waals surface area contributed by atoms with Gasteiger partial charge in [-0.05, 0) is 42.5 Å². The molecule has 1 aliphatic heterocycles. The molecule has 2 aromatic carbocycles. The van der Waals surface area contributed by atoms with E-state index in [-0.39, 0.29) is 5.69 Å². The molecule has 4 rings (SSSR count). The number of hydrogen-bond acceptors (Lipinski definition) is 7. The smallest absolute Gasteiger partial charge is 0.416 e. The number of amides is 2. The van der Waals surface area contributed by atoms with E-state index in [2.05, 4.69) is 15.5 Å². The van der Waals surface area contributed by atoms with E-state index in [0.29, 0.717) is 54.9 Å².